The number of benzene rings is 1. The van der Waals surface area contributed by atoms with Crippen molar-refractivity contribution >= 4 is 5.78 Å². The Morgan fingerprint density at radius 2 is 2.00 bits per heavy atom. The standard InChI is InChI=1S/C14H19NO2/c1-10-8-12(17-5)6-7-13(10)14(16)11(2)9-15(3)4/h6-9H,1-5H3. The van der Waals surface area contributed by atoms with E-state index in [1.807, 2.05) is 57.2 Å². The van der Waals surface area contributed by atoms with Gasteiger partial charge < -0.3 is 9.64 Å². The summed E-state index contributed by atoms with van der Waals surface area (Å²) in [6, 6.07) is 5.49. The maximum atomic E-state index is 12.2. The van der Waals surface area contributed by atoms with Crippen LogP contribution in [-0.4, -0.2) is 31.9 Å². The highest BCUT2D eigenvalue weighted by molar-refractivity contribution is 6.09. The highest BCUT2D eigenvalue weighted by atomic mass is 16.5. The van der Waals surface area contributed by atoms with Crippen molar-refractivity contribution in [2.75, 3.05) is 21.2 Å². The molecule has 1 aromatic carbocycles. The van der Waals surface area contributed by atoms with E-state index >= 15 is 0 Å². The molecule has 0 aliphatic heterocycles. The number of Topliss-reactive ketones (excluding diaryl/α,β-unsaturated/α-hetero) is 1. The van der Waals surface area contributed by atoms with Crippen LogP contribution in [0, 0.1) is 6.92 Å². The maximum Gasteiger partial charge on any atom is 0.190 e. The molecule has 0 unspecified atom stereocenters. The Labute approximate surface area is 103 Å². The van der Waals surface area contributed by atoms with Gasteiger partial charge in [0.05, 0.1) is 7.11 Å². The molecule has 0 saturated carbocycles. The van der Waals surface area contributed by atoms with Crippen molar-refractivity contribution in [3.63, 3.8) is 0 Å². The summed E-state index contributed by atoms with van der Waals surface area (Å²) in [5.74, 6) is 0.826. The molecule has 0 N–H and O–H groups in total. The number of allylic oxidation sites excluding steroid dienone is 1. The second-order valence-corrected chi connectivity index (χ2v) is 4.29. The van der Waals surface area contributed by atoms with Gasteiger partial charge in [-0.25, -0.2) is 0 Å². The van der Waals surface area contributed by atoms with Gasteiger partial charge in [0.15, 0.2) is 5.78 Å². The van der Waals surface area contributed by atoms with Gasteiger partial charge in [-0.3, -0.25) is 4.79 Å². The molecule has 0 spiro atoms. The minimum absolute atomic E-state index is 0.0545. The molecule has 0 amide bonds. The second-order valence-electron chi connectivity index (χ2n) is 4.29. The van der Waals surface area contributed by atoms with Crippen molar-refractivity contribution in [1.82, 2.24) is 4.90 Å². The minimum Gasteiger partial charge on any atom is -0.497 e. The van der Waals surface area contributed by atoms with Gasteiger partial charge >= 0.3 is 0 Å². The summed E-state index contributed by atoms with van der Waals surface area (Å²) in [6.07, 6.45) is 1.83. The monoisotopic (exact) mass is 233 g/mol. The number of carbonyl (C=O) groups is 1. The van der Waals surface area contributed by atoms with E-state index in [2.05, 4.69) is 0 Å². The van der Waals surface area contributed by atoms with Crippen molar-refractivity contribution in [1.29, 1.82) is 0 Å². The van der Waals surface area contributed by atoms with Gasteiger partial charge in [0.2, 0.25) is 0 Å². The van der Waals surface area contributed by atoms with Crippen molar-refractivity contribution in [3.05, 3.63) is 41.1 Å². The Kier molecular flexibility index (Phi) is 4.32. The first kappa shape index (κ1) is 13.3. The number of rotatable bonds is 4. The lowest BCUT2D eigenvalue weighted by atomic mass is 10.00. The fourth-order valence-corrected chi connectivity index (χ4v) is 1.68. The molecule has 1 rings (SSSR count). The number of aryl methyl sites for hydroxylation is 1. The molecule has 0 aliphatic rings. The number of ether oxygens (including phenoxy) is 1. The molecule has 0 aromatic heterocycles. The molecule has 0 heterocycles. The second kappa shape index (κ2) is 5.53. The summed E-state index contributed by atoms with van der Waals surface area (Å²) in [6.45, 7) is 3.74. The minimum atomic E-state index is 0.0545. The van der Waals surface area contributed by atoms with Gasteiger partial charge in [0.1, 0.15) is 5.75 Å². The topological polar surface area (TPSA) is 29.5 Å². The van der Waals surface area contributed by atoms with E-state index in [4.69, 9.17) is 4.74 Å². The van der Waals surface area contributed by atoms with Crippen LogP contribution < -0.4 is 4.74 Å². The summed E-state index contributed by atoms with van der Waals surface area (Å²) < 4.78 is 5.12. The number of hydrogen-bond donors (Lipinski definition) is 0. The molecule has 0 saturated heterocycles. The van der Waals surface area contributed by atoms with Crippen LogP contribution in [0.4, 0.5) is 0 Å². The molecular weight excluding hydrogens is 214 g/mol. The predicted molar refractivity (Wildman–Crippen MR) is 69.5 cm³/mol. The molecule has 3 heteroatoms. The molecule has 0 fully saturated rings. The van der Waals surface area contributed by atoms with Crippen LogP contribution in [0.5, 0.6) is 5.75 Å². The zero-order chi connectivity index (χ0) is 13.0. The van der Waals surface area contributed by atoms with Crippen LogP contribution in [-0.2, 0) is 0 Å². The Hall–Kier alpha value is -1.77. The highest BCUT2D eigenvalue weighted by Gasteiger charge is 2.11. The van der Waals surface area contributed by atoms with Crippen LogP contribution in [0.3, 0.4) is 0 Å². The predicted octanol–water partition coefficient (Wildman–Crippen LogP) is 2.65. The average molecular weight is 233 g/mol. The Morgan fingerprint density at radius 1 is 1.35 bits per heavy atom. The summed E-state index contributed by atoms with van der Waals surface area (Å²) >= 11 is 0. The molecule has 0 aliphatic carbocycles. The molecule has 0 radical (unpaired) electrons. The third kappa shape index (κ3) is 3.34. The highest BCUT2D eigenvalue weighted by Crippen LogP contribution is 2.19. The maximum absolute atomic E-state index is 12.2. The number of carbonyl (C=O) groups excluding carboxylic acids is 1. The van der Waals surface area contributed by atoms with Gasteiger partial charge in [-0.15, -0.1) is 0 Å². The third-order valence-corrected chi connectivity index (χ3v) is 2.49. The number of nitrogens with zero attached hydrogens (tertiary/aromatic N) is 1. The summed E-state index contributed by atoms with van der Waals surface area (Å²) in [5, 5.41) is 0. The lowest BCUT2D eigenvalue weighted by Gasteiger charge is -2.10. The van der Waals surface area contributed by atoms with Crippen LogP contribution in [0.25, 0.3) is 0 Å². The van der Waals surface area contributed by atoms with Crippen LogP contribution in [0.1, 0.15) is 22.8 Å². The molecule has 0 bridgehead atoms. The van der Waals surface area contributed by atoms with Crippen molar-refractivity contribution in [2.24, 2.45) is 0 Å². The fraction of sp³-hybridized carbons (Fsp3) is 0.357. The first-order valence-electron chi connectivity index (χ1n) is 5.50. The van der Waals surface area contributed by atoms with Crippen molar-refractivity contribution < 1.29 is 9.53 Å². The Morgan fingerprint density at radius 3 is 2.47 bits per heavy atom. The zero-order valence-corrected chi connectivity index (χ0v) is 11.1. The van der Waals surface area contributed by atoms with Crippen LogP contribution in [0.2, 0.25) is 0 Å². The summed E-state index contributed by atoms with van der Waals surface area (Å²) in [4.78, 5) is 14.0. The fourth-order valence-electron chi connectivity index (χ4n) is 1.68. The number of hydrogen-bond acceptors (Lipinski definition) is 3. The summed E-state index contributed by atoms with van der Waals surface area (Å²) in [5.41, 5.74) is 2.38. The van der Waals surface area contributed by atoms with E-state index in [0.29, 0.717) is 0 Å². The van der Waals surface area contributed by atoms with E-state index < -0.39 is 0 Å². The Balaban J connectivity index is 3.05. The number of ketones is 1. The molecule has 17 heavy (non-hydrogen) atoms. The van der Waals surface area contributed by atoms with Gasteiger partial charge in [0, 0.05) is 31.4 Å². The normalized spacial score (nSPS) is 11.2. The van der Waals surface area contributed by atoms with Crippen molar-refractivity contribution in [3.8, 4) is 5.75 Å². The first-order chi connectivity index (χ1) is 7.95. The van der Waals surface area contributed by atoms with Crippen LogP contribution >= 0.6 is 0 Å². The van der Waals surface area contributed by atoms with Crippen LogP contribution in [0.15, 0.2) is 30.0 Å². The smallest absolute Gasteiger partial charge is 0.190 e. The van der Waals surface area contributed by atoms with E-state index in [-0.39, 0.29) is 5.78 Å². The zero-order valence-electron chi connectivity index (χ0n) is 11.1. The Bertz CT molecular complexity index is 448. The third-order valence-electron chi connectivity index (χ3n) is 2.49. The quantitative estimate of drug-likeness (QED) is 0.591. The molecule has 0 atom stereocenters. The van der Waals surface area contributed by atoms with E-state index in [1.54, 1.807) is 7.11 Å². The molecule has 3 nitrogen and oxygen atoms in total. The van der Waals surface area contributed by atoms with Gasteiger partial charge in [-0.1, -0.05) is 0 Å². The lowest BCUT2D eigenvalue weighted by molar-refractivity contribution is 0.103. The van der Waals surface area contributed by atoms with E-state index in [9.17, 15) is 4.79 Å². The largest absolute Gasteiger partial charge is 0.497 e. The van der Waals surface area contributed by atoms with Gasteiger partial charge in [0.25, 0.3) is 0 Å². The summed E-state index contributed by atoms with van der Waals surface area (Å²) in [7, 11) is 5.42. The molecule has 92 valence electrons. The lowest BCUT2D eigenvalue weighted by Crippen LogP contribution is -2.09. The molecular formula is C14H19NO2. The van der Waals surface area contributed by atoms with Gasteiger partial charge in [-0.05, 0) is 37.6 Å². The number of methoxy groups -OCH3 is 1. The molecule has 1 aromatic rings. The van der Waals surface area contributed by atoms with Gasteiger partial charge in [-0.2, -0.15) is 0 Å². The first-order valence-corrected chi connectivity index (χ1v) is 5.50. The van der Waals surface area contributed by atoms with E-state index in [0.717, 1.165) is 22.4 Å². The van der Waals surface area contributed by atoms with Crippen molar-refractivity contribution in [2.45, 2.75) is 13.8 Å². The average Bonchev–Trinajstić information content (AvgIpc) is 2.27. The SMILES string of the molecule is COc1ccc(C(=O)C(C)=CN(C)C)c(C)c1. The van der Waals surface area contributed by atoms with E-state index in [1.165, 1.54) is 0 Å².